The van der Waals surface area contributed by atoms with E-state index in [0.29, 0.717) is 18.5 Å². The molecular weight excluding hydrogens is 264 g/mol. The Morgan fingerprint density at radius 2 is 1.90 bits per heavy atom. The van der Waals surface area contributed by atoms with Gasteiger partial charge in [-0.25, -0.2) is 4.98 Å². The Balaban J connectivity index is 2.00. The molecule has 112 valence electrons. The fourth-order valence-corrected chi connectivity index (χ4v) is 1.76. The molecule has 1 aromatic heterocycles. The Morgan fingerprint density at radius 1 is 1.14 bits per heavy atom. The van der Waals surface area contributed by atoms with E-state index in [1.54, 1.807) is 6.20 Å². The average Bonchev–Trinajstić information content (AvgIpc) is 2.48. The summed E-state index contributed by atoms with van der Waals surface area (Å²) in [6.45, 7) is 7.79. The van der Waals surface area contributed by atoms with Crippen molar-refractivity contribution < 1.29 is 4.74 Å². The summed E-state index contributed by atoms with van der Waals surface area (Å²) in [7, 11) is 0. The summed E-state index contributed by atoms with van der Waals surface area (Å²) in [4.78, 5) is 8.64. The first kappa shape index (κ1) is 15.1. The summed E-state index contributed by atoms with van der Waals surface area (Å²) < 4.78 is 5.42. The van der Waals surface area contributed by atoms with Crippen LogP contribution in [-0.2, 0) is 0 Å². The van der Waals surface area contributed by atoms with Gasteiger partial charge >= 0.3 is 0 Å². The molecule has 1 heterocycles. The van der Waals surface area contributed by atoms with Crippen LogP contribution in [-0.4, -0.2) is 23.1 Å². The predicted octanol–water partition coefficient (Wildman–Crippen LogP) is 3.69. The van der Waals surface area contributed by atoms with Crippen LogP contribution in [0.25, 0.3) is 0 Å². The number of hydrogen-bond donors (Lipinski definition) is 2. The van der Waals surface area contributed by atoms with Gasteiger partial charge in [-0.3, -0.25) is 0 Å². The van der Waals surface area contributed by atoms with Gasteiger partial charge in [0.15, 0.2) is 0 Å². The number of ether oxygens (including phenoxy) is 1. The molecular formula is C16H22N4O. The van der Waals surface area contributed by atoms with Gasteiger partial charge in [0.1, 0.15) is 11.6 Å². The van der Waals surface area contributed by atoms with E-state index in [0.717, 1.165) is 23.8 Å². The van der Waals surface area contributed by atoms with Crippen LogP contribution in [0, 0.1) is 5.92 Å². The molecule has 0 aliphatic heterocycles. The van der Waals surface area contributed by atoms with Crippen LogP contribution in [0.1, 0.15) is 20.8 Å². The van der Waals surface area contributed by atoms with Crippen LogP contribution < -0.4 is 15.4 Å². The number of nitrogens with one attached hydrogen (secondary N) is 2. The van der Waals surface area contributed by atoms with Gasteiger partial charge in [-0.1, -0.05) is 13.8 Å². The average molecular weight is 286 g/mol. The second-order valence-corrected chi connectivity index (χ2v) is 5.12. The Hall–Kier alpha value is -2.30. The lowest BCUT2D eigenvalue weighted by Gasteiger charge is -2.10. The Kier molecular flexibility index (Phi) is 5.37. The number of aromatic nitrogens is 2. The molecule has 0 amide bonds. The molecule has 0 bridgehead atoms. The van der Waals surface area contributed by atoms with Crippen molar-refractivity contribution in [1.29, 1.82) is 0 Å². The second kappa shape index (κ2) is 7.47. The standard InChI is InChI=1S/C16H22N4O/c1-4-21-14-7-5-13(6-8-14)19-15-9-10-17-16(20-15)18-11-12(2)3/h5-10,12H,4,11H2,1-3H3,(H2,17,18,19,20). The summed E-state index contributed by atoms with van der Waals surface area (Å²) in [5.41, 5.74) is 0.965. The molecule has 0 atom stereocenters. The molecule has 0 aliphatic rings. The molecule has 0 fully saturated rings. The van der Waals surface area contributed by atoms with E-state index in [4.69, 9.17) is 4.74 Å². The molecule has 0 radical (unpaired) electrons. The van der Waals surface area contributed by atoms with Crippen LogP contribution in [0.2, 0.25) is 0 Å². The van der Waals surface area contributed by atoms with Crippen molar-refractivity contribution in [2.75, 3.05) is 23.8 Å². The van der Waals surface area contributed by atoms with Gasteiger partial charge in [0.05, 0.1) is 6.61 Å². The van der Waals surface area contributed by atoms with Crippen molar-refractivity contribution in [3.05, 3.63) is 36.5 Å². The summed E-state index contributed by atoms with van der Waals surface area (Å²) in [6, 6.07) is 9.65. The molecule has 0 aliphatic carbocycles. The summed E-state index contributed by atoms with van der Waals surface area (Å²) >= 11 is 0. The number of anilines is 3. The highest BCUT2D eigenvalue weighted by Gasteiger charge is 2.01. The van der Waals surface area contributed by atoms with E-state index < -0.39 is 0 Å². The SMILES string of the molecule is CCOc1ccc(Nc2ccnc(NCC(C)C)n2)cc1. The highest BCUT2D eigenvalue weighted by Crippen LogP contribution is 2.19. The van der Waals surface area contributed by atoms with Crippen LogP contribution >= 0.6 is 0 Å². The molecule has 0 saturated carbocycles. The molecule has 5 heteroatoms. The van der Waals surface area contributed by atoms with Gasteiger partial charge < -0.3 is 15.4 Å². The first-order valence-electron chi connectivity index (χ1n) is 7.24. The van der Waals surface area contributed by atoms with Gasteiger partial charge in [0.25, 0.3) is 0 Å². The number of benzene rings is 1. The zero-order chi connectivity index (χ0) is 15.1. The van der Waals surface area contributed by atoms with Crippen molar-refractivity contribution in [2.24, 2.45) is 5.92 Å². The lowest BCUT2D eigenvalue weighted by atomic mass is 10.2. The van der Waals surface area contributed by atoms with Crippen molar-refractivity contribution in [1.82, 2.24) is 9.97 Å². The fourth-order valence-electron chi connectivity index (χ4n) is 1.76. The van der Waals surface area contributed by atoms with Gasteiger partial charge in [-0.15, -0.1) is 0 Å². The molecule has 5 nitrogen and oxygen atoms in total. The molecule has 2 rings (SSSR count). The highest BCUT2D eigenvalue weighted by molar-refractivity contribution is 5.57. The number of hydrogen-bond acceptors (Lipinski definition) is 5. The summed E-state index contributed by atoms with van der Waals surface area (Å²) in [5.74, 6) is 2.82. The quantitative estimate of drug-likeness (QED) is 0.813. The largest absolute Gasteiger partial charge is 0.494 e. The molecule has 21 heavy (non-hydrogen) atoms. The Labute approximate surface area is 125 Å². The first-order valence-corrected chi connectivity index (χ1v) is 7.24. The fraction of sp³-hybridized carbons (Fsp3) is 0.375. The summed E-state index contributed by atoms with van der Waals surface area (Å²) in [5, 5.41) is 6.47. The first-order chi connectivity index (χ1) is 10.2. The van der Waals surface area contributed by atoms with E-state index in [1.165, 1.54) is 0 Å². The maximum Gasteiger partial charge on any atom is 0.224 e. The van der Waals surface area contributed by atoms with E-state index in [2.05, 4.69) is 34.4 Å². The van der Waals surface area contributed by atoms with Crippen LogP contribution in [0.5, 0.6) is 5.75 Å². The van der Waals surface area contributed by atoms with Gasteiger partial charge in [-0.2, -0.15) is 4.98 Å². The highest BCUT2D eigenvalue weighted by atomic mass is 16.5. The van der Waals surface area contributed by atoms with Crippen molar-refractivity contribution >= 4 is 17.5 Å². The van der Waals surface area contributed by atoms with E-state index >= 15 is 0 Å². The zero-order valence-electron chi connectivity index (χ0n) is 12.8. The van der Waals surface area contributed by atoms with Gasteiger partial charge in [0, 0.05) is 18.4 Å². The number of rotatable bonds is 7. The van der Waals surface area contributed by atoms with Crippen LogP contribution in [0.3, 0.4) is 0 Å². The maximum absolute atomic E-state index is 5.42. The van der Waals surface area contributed by atoms with Gasteiger partial charge in [0.2, 0.25) is 5.95 Å². The van der Waals surface area contributed by atoms with E-state index in [-0.39, 0.29) is 0 Å². The van der Waals surface area contributed by atoms with Crippen molar-refractivity contribution in [3.63, 3.8) is 0 Å². The smallest absolute Gasteiger partial charge is 0.224 e. The van der Waals surface area contributed by atoms with Crippen molar-refractivity contribution in [2.45, 2.75) is 20.8 Å². The third kappa shape index (κ3) is 4.95. The normalized spacial score (nSPS) is 10.5. The minimum Gasteiger partial charge on any atom is -0.494 e. The third-order valence-corrected chi connectivity index (χ3v) is 2.76. The second-order valence-electron chi connectivity index (χ2n) is 5.12. The monoisotopic (exact) mass is 286 g/mol. The van der Waals surface area contributed by atoms with Crippen LogP contribution in [0.4, 0.5) is 17.5 Å². The molecule has 2 N–H and O–H groups in total. The van der Waals surface area contributed by atoms with E-state index in [1.807, 2.05) is 37.3 Å². The van der Waals surface area contributed by atoms with Crippen molar-refractivity contribution in [3.8, 4) is 5.75 Å². The molecule has 0 spiro atoms. The Morgan fingerprint density at radius 3 is 2.57 bits per heavy atom. The minimum atomic E-state index is 0.552. The molecule has 0 unspecified atom stereocenters. The van der Waals surface area contributed by atoms with Gasteiger partial charge in [-0.05, 0) is 43.2 Å². The molecule has 2 aromatic rings. The lowest BCUT2D eigenvalue weighted by molar-refractivity contribution is 0.340. The van der Waals surface area contributed by atoms with E-state index in [9.17, 15) is 0 Å². The lowest BCUT2D eigenvalue weighted by Crippen LogP contribution is -2.10. The van der Waals surface area contributed by atoms with Crippen LogP contribution in [0.15, 0.2) is 36.5 Å². The number of nitrogens with zero attached hydrogens (tertiary/aromatic N) is 2. The third-order valence-electron chi connectivity index (χ3n) is 2.76. The zero-order valence-corrected chi connectivity index (χ0v) is 12.8. The molecule has 0 saturated heterocycles. The molecule has 1 aromatic carbocycles. The topological polar surface area (TPSA) is 59.1 Å². The predicted molar refractivity (Wildman–Crippen MR) is 86.3 cm³/mol. The Bertz CT molecular complexity index is 554. The maximum atomic E-state index is 5.42. The summed E-state index contributed by atoms with van der Waals surface area (Å²) in [6.07, 6.45) is 1.74. The minimum absolute atomic E-state index is 0.552.